The molecular formula is C16H20ClNO3. The fourth-order valence-corrected chi connectivity index (χ4v) is 2.90. The Morgan fingerprint density at radius 1 is 1.33 bits per heavy atom. The van der Waals surface area contributed by atoms with E-state index in [-0.39, 0.29) is 6.10 Å². The van der Waals surface area contributed by atoms with E-state index >= 15 is 0 Å². The van der Waals surface area contributed by atoms with E-state index in [4.69, 9.17) is 20.8 Å². The van der Waals surface area contributed by atoms with Crippen LogP contribution >= 0.6 is 11.6 Å². The summed E-state index contributed by atoms with van der Waals surface area (Å²) in [4.78, 5) is 2.30. The van der Waals surface area contributed by atoms with Crippen molar-refractivity contribution in [2.75, 3.05) is 19.7 Å². The SMILES string of the molecule is CC(C)N1CCOC(C(O)c2cc3cc(Cl)ccc3o2)C1. The van der Waals surface area contributed by atoms with E-state index in [1.54, 1.807) is 6.07 Å². The quantitative estimate of drug-likeness (QED) is 0.945. The number of furan rings is 1. The zero-order valence-corrected chi connectivity index (χ0v) is 13.0. The van der Waals surface area contributed by atoms with Gasteiger partial charge in [0, 0.05) is 29.5 Å². The normalized spacial score (nSPS) is 22.0. The summed E-state index contributed by atoms with van der Waals surface area (Å²) in [5.74, 6) is 0.530. The molecule has 1 fully saturated rings. The Balaban J connectivity index is 1.81. The van der Waals surface area contributed by atoms with Gasteiger partial charge in [-0.3, -0.25) is 4.90 Å². The molecule has 0 bridgehead atoms. The summed E-state index contributed by atoms with van der Waals surface area (Å²) in [5.41, 5.74) is 0.727. The maximum absolute atomic E-state index is 10.5. The van der Waals surface area contributed by atoms with Gasteiger partial charge in [-0.05, 0) is 38.1 Å². The molecule has 3 rings (SSSR count). The summed E-state index contributed by atoms with van der Waals surface area (Å²) in [7, 11) is 0. The first-order valence-corrected chi connectivity index (χ1v) is 7.65. The topological polar surface area (TPSA) is 45.8 Å². The number of nitrogens with zero attached hydrogens (tertiary/aromatic N) is 1. The van der Waals surface area contributed by atoms with Crippen molar-refractivity contribution < 1.29 is 14.3 Å². The van der Waals surface area contributed by atoms with Crippen LogP contribution in [0.5, 0.6) is 0 Å². The predicted molar refractivity (Wildman–Crippen MR) is 82.6 cm³/mol. The molecule has 2 unspecified atom stereocenters. The Hall–Kier alpha value is -1.07. The summed E-state index contributed by atoms with van der Waals surface area (Å²) < 4.78 is 11.4. The molecule has 0 saturated carbocycles. The van der Waals surface area contributed by atoms with Crippen LogP contribution in [0, 0.1) is 0 Å². The van der Waals surface area contributed by atoms with E-state index < -0.39 is 6.10 Å². The van der Waals surface area contributed by atoms with E-state index in [1.807, 2.05) is 18.2 Å². The summed E-state index contributed by atoms with van der Waals surface area (Å²) >= 11 is 5.97. The van der Waals surface area contributed by atoms with E-state index in [0.29, 0.717) is 30.0 Å². The smallest absolute Gasteiger partial charge is 0.139 e. The molecule has 4 nitrogen and oxygen atoms in total. The van der Waals surface area contributed by atoms with Crippen molar-refractivity contribution in [2.45, 2.75) is 32.1 Å². The second-order valence-corrected chi connectivity index (χ2v) is 6.21. The minimum atomic E-state index is -0.766. The molecule has 114 valence electrons. The number of morpholine rings is 1. The van der Waals surface area contributed by atoms with Gasteiger partial charge in [-0.25, -0.2) is 0 Å². The summed E-state index contributed by atoms with van der Waals surface area (Å²) in [6.07, 6.45) is -1.03. The third kappa shape index (κ3) is 3.09. The van der Waals surface area contributed by atoms with Gasteiger partial charge in [0.25, 0.3) is 0 Å². The highest BCUT2D eigenvalue weighted by atomic mass is 35.5. The van der Waals surface area contributed by atoms with Gasteiger partial charge in [-0.1, -0.05) is 11.6 Å². The van der Waals surface area contributed by atoms with Crippen LogP contribution in [0.2, 0.25) is 5.02 Å². The van der Waals surface area contributed by atoms with Crippen molar-refractivity contribution in [1.29, 1.82) is 0 Å². The molecule has 21 heavy (non-hydrogen) atoms. The van der Waals surface area contributed by atoms with Crippen molar-refractivity contribution in [2.24, 2.45) is 0 Å². The molecule has 0 amide bonds. The van der Waals surface area contributed by atoms with E-state index in [1.165, 1.54) is 0 Å². The van der Waals surface area contributed by atoms with E-state index in [9.17, 15) is 5.11 Å². The number of benzene rings is 1. The second-order valence-electron chi connectivity index (χ2n) is 5.77. The maximum atomic E-state index is 10.5. The zero-order valence-electron chi connectivity index (χ0n) is 12.3. The maximum Gasteiger partial charge on any atom is 0.139 e. The number of aliphatic hydroxyl groups is 1. The molecule has 5 heteroatoms. The van der Waals surface area contributed by atoms with Gasteiger partial charge in [-0.15, -0.1) is 0 Å². The highest BCUT2D eigenvalue weighted by Crippen LogP contribution is 2.30. The second kappa shape index (κ2) is 5.97. The van der Waals surface area contributed by atoms with Gasteiger partial charge in [0.2, 0.25) is 0 Å². The number of halogens is 1. The van der Waals surface area contributed by atoms with Crippen LogP contribution in [0.25, 0.3) is 11.0 Å². The molecule has 1 aliphatic rings. The molecule has 1 aliphatic heterocycles. The number of hydrogen-bond donors (Lipinski definition) is 1. The lowest BCUT2D eigenvalue weighted by Gasteiger charge is -2.36. The first-order chi connectivity index (χ1) is 10.0. The molecule has 0 aliphatic carbocycles. The lowest BCUT2D eigenvalue weighted by molar-refractivity contribution is -0.101. The van der Waals surface area contributed by atoms with Crippen LogP contribution in [0.1, 0.15) is 25.7 Å². The van der Waals surface area contributed by atoms with Gasteiger partial charge >= 0.3 is 0 Å². The molecule has 1 N–H and O–H groups in total. The molecule has 2 heterocycles. The van der Waals surface area contributed by atoms with Crippen LogP contribution in [0.15, 0.2) is 28.7 Å². The van der Waals surface area contributed by atoms with Crippen molar-refractivity contribution >= 4 is 22.6 Å². The van der Waals surface area contributed by atoms with Gasteiger partial charge in [0.05, 0.1) is 6.61 Å². The zero-order chi connectivity index (χ0) is 15.0. The summed E-state index contributed by atoms with van der Waals surface area (Å²) in [6, 6.07) is 7.71. The lowest BCUT2D eigenvalue weighted by Crippen LogP contribution is -2.47. The van der Waals surface area contributed by atoms with E-state index in [0.717, 1.165) is 17.5 Å². The monoisotopic (exact) mass is 309 g/mol. The molecule has 1 aromatic heterocycles. The van der Waals surface area contributed by atoms with Gasteiger partial charge in [0.1, 0.15) is 23.6 Å². The molecule has 0 spiro atoms. The Kier molecular flexibility index (Phi) is 4.22. The molecule has 2 aromatic rings. The van der Waals surface area contributed by atoms with Crippen molar-refractivity contribution in [3.63, 3.8) is 0 Å². The fourth-order valence-electron chi connectivity index (χ4n) is 2.72. The van der Waals surface area contributed by atoms with Crippen LogP contribution < -0.4 is 0 Å². The minimum absolute atomic E-state index is 0.266. The average Bonchev–Trinajstić information content (AvgIpc) is 2.89. The highest BCUT2D eigenvalue weighted by molar-refractivity contribution is 6.31. The lowest BCUT2D eigenvalue weighted by atomic mass is 10.1. The Bertz CT molecular complexity index is 625. The first-order valence-electron chi connectivity index (χ1n) is 7.27. The predicted octanol–water partition coefficient (Wildman–Crippen LogP) is 3.23. The summed E-state index contributed by atoms with van der Waals surface area (Å²) in [6.45, 7) is 6.54. The number of ether oxygens (including phenoxy) is 1. The van der Waals surface area contributed by atoms with Crippen LogP contribution in [0.3, 0.4) is 0 Å². The third-order valence-electron chi connectivity index (χ3n) is 4.00. The van der Waals surface area contributed by atoms with Crippen LogP contribution in [0.4, 0.5) is 0 Å². The minimum Gasteiger partial charge on any atom is -0.458 e. The Labute approximate surface area is 129 Å². The molecule has 1 aromatic carbocycles. The van der Waals surface area contributed by atoms with Crippen molar-refractivity contribution in [1.82, 2.24) is 4.90 Å². The standard InChI is InChI=1S/C16H20ClNO3/c1-10(2)18-5-6-20-15(9-18)16(19)14-8-11-7-12(17)3-4-13(11)21-14/h3-4,7-8,10,15-16,19H,5-6,9H2,1-2H3. The summed E-state index contributed by atoms with van der Waals surface area (Å²) in [5, 5.41) is 12.1. The highest BCUT2D eigenvalue weighted by Gasteiger charge is 2.30. The molecule has 2 atom stereocenters. The van der Waals surface area contributed by atoms with Gasteiger partial charge in [-0.2, -0.15) is 0 Å². The molecule has 0 radical (unpaired) electrons. The fraction of sp³-hybridized carbons (Fsp3) is 0.500. The number of hydrogen-bond acceptors (Lipinski definition) is 4. The van der Waals surface area contributed by atoms with E-state index in [2.05, 4.69) is 18.7 Å². The van der Waals surface area contributed by atoms with Gasteiger partial charge < -0.3 is 14.3 Å². The first kappa shape index (κ1) is 14.9. The molecular weight excluding hydrogens is 290 g/mol. The van der Waals surface area contributed by atoms with Crippen LogP contribution in [-0.4, -0.2) is 41.8 Å². The van der Waals surface area contributed by atoms with Crippen molar-refractivity contribution in [3.05, 3.63) is 35.0 Å². The number of rotatable bonds is 3. The average molecular weight is 310 g/mol. The Morgan fingerprint density at radius 2 is 2.14 bits per heavy atom. The number of aliphatic hydroxyl groups excluding tert-OH is 1. The number of fused-ring (bicyclic) bond motifs is 1. The van der Waals surface area contributed by atoms with Gasteiger partial charge in [0.15, 0.2) is 0 Å². The Morgan fingerprint density at radius 3 is 2.90 bits per heavy atom. The largest absolute Gasteiger partial charge is 0.458 e. The van der Waals surface area contributed by atoms with Crippen molar-refractivity contribution in [3.8, 4) is 0 Å². The molecule has 1 saturated heterocycles. The van der Waals surface area contributed by atoms with Crippen LogP contribution in [-0.2, 0) is 4.74 Å². The third-order valence-corrected chi connectivity index (χ3v) is 4.23.